The van der Waals surface area contributed by atoms with Gasteiger partial charge in [-0.2, -0.15) is 11.8 Å². The molecule has 1 N–H and O–H groups in total. The second-order valence-corrected chi connectivity index (χ2v) is 5.02. The van der Waals surface area contributed by atoms with Crippen LogP contribution in [0.5, 0.6) is 0 Å². The molecule has 0 amide bonds. The summed E-state index contributed by atoms with van der Waals surface area (Å²) >= 11 is 1.96. The molecule has 1 saturated heterocycles. The van der Waals surface area contributed by atoms with Crippen molar-refractivity contribution in [2.45, 2.75) is 38.6 Å². The van der Waals surface area contributed by atoms with Crippen molar-refractivity contribution in [3.63, 3.8) is 0 Å². The molecule has 0 spiro atoms. The van der Waals surface area contributed by atoms with Crippen LogP contribution in [0.3, 0.4) is 0 Å². The highest BCUT2D eigenvalue weighted by Crippen LogP contribution is 2.16. The molecule has 4 heteroatoms. The predicted molar refractivity (Wildman–Crippen MR) is 64.2 cm³/mol. The summed E-state index contributed by atoms with van der Waals surface area (Å²) in [6.45, 7) is 3.02. The minimum atomic E-state index is -0.112. The van der Waals surface area contributed by atoms with Gasteiger partial charge in [-0.15, -0.1) is 0 Å². The summed E-state index contributed by atoms with van der Waals surface area (Å²) < 4.78 is 5.07. The average molecular weight is 231 g/mol. The SMILES string of the molecule is CCCCOC(=O)CNC1CCCSC1. The van der Waals surface area contributed by atoms with Gasteiger partial charge in [-0.1, -0.05) is 13.3 Å². The number of rotatable bonds is 6. The summed E-state index contributed by atoms with van der Waals surface area (Å²) in [5, 5.41) is 3.25. The maximum absolute atomic E-state index is 11.3. The fourth-order valence-corrected chi connectivity index (χ4v) is 2.62. The van der Waals surface area contributed by atoms with Crippen molar-refractivity contribution >= 4 is 17.7 Å². The van der Waals surface area contributed by atoms with Gasteiger partial charge in [0.25, 0.3) is 0 Å². The van der Waals surface area contributed by atoms with Crippen molar-refractivity contribution < 1.29 is 9.53 Å². The Kier molecular flexibility index (Phi) is 6.85. The molecule has 0 aliphatic carbocycles. The molecule has 0 aromatic carbocycles. The van der Waals surface area contributed by atoms with Gasteiger partial charge in [-0.25, -0.2) is 0 Å². The van der Waals surface area contributed by atoms with E-state index in [0.29, 0.717) is 19.2 Å². The molecule has 3 nitrogen and oxygen atoms in total. The van der Waals surface area contributed by atoms with Crippen LogP contribution in [0.4, 0.5) is 0 Å². The van der Waals surface area contributed by atoms with E-state index in [0.717, 1.165) is 18.6 Å². The van der Waals surface area contributed by atoms with Crippen LogP contribution in [0.15, 0.2) is 0 Å². The lowest BCUT2D eigenvalue weighted by Gasteiger charge is -2.21. The van der Waals surface area contributed by atoms with Gasteiger partial charge < -0.3 is 10.1 Å². The molecule has 15 heavy (non-hydrogen) atoms. The molecule has 1 atom stereocenters. The van der Waals surface area contributed by atoms with Crippen LogP contribution in [-0.2, 0) is 9.53 Å². The first-order chi connectivity index (χ1) is 7.33. The fraction of sp³-hybridized carbons (Fsp3) is 0.909. The number of ether oxygens (including phenoxy) is 1. The van der Waals surface area contributed by atoms with E-state index in [2.05, 4.69) is 12.2 Å². The number of carbonyl (C=O) groups excluding carboxylic acids is 1. The third kappa shape index (κ3) is 6.05. The molecule has 1 unspecified atom stereocenters. The largest absolute Gasteiger partial charge is 0.465 e. The number of thioether (sulfide) groups is 1. The van der Waals surface area contributed by atoms with Crippen LogP contribution in [0, 0.1) is 0 Å². The van der Waals surface area contributed by atoms with E-state index >= 15 is 0 Å². The molecule has 1 aliphatic rings. The van der Waals surface area contributed by atoms with E-state index < -0.39 is 0 Å². The highest BCUT2D eigenvalue weighted by Gasteiger charge is 2.14. The van der Waals surface area contributed by atoms with Crippen LogP contribution in [0.1, 0.15) is 32.6 Å². The van der Waals surface area contributed by atoms with Gasteiger partial charge in [0, 0.05) is 11.8 Å². The lowest BCUT2D eigenvalue weighted by atomic mass is 10.2. The van der Waals surface area contributed by atoms with Crippen molar-refractivity contribution in [2.75, 3.05) is 24.7 Å². The summed E-state index contributed by atoms with van der Waals surface area (Å²) in [7, 11) is 0. The summed E-state index contributed by atoms with van der Waals surface area (Å²) in [5.41, 5.74) is 0. The summed E-state index contributed by atoms with van der Waals surface area (Å²) in [4.78, 5) is 11.3. The number of nitrogens with one attached hydrogen (secondary N) is 1. The monoisotopic (exact) mass is 231 g/mol. The molecule has 88 valence electrons. The van der Waals surface area contributed by atoms with Crippen LogP contribution in [0.25, 0.3) is 0 Å². The van der Waals surface area contributed by atoms with Crippen LogP contribution in [-0.4, -0.2) is 36.7 Å². The highest BCUT2D eigenvalue weighted by molar-refractivity contribution is 7.99. The van der Waals surface area contributed by atoms with Crippen LogP contribution < -0.4 is 5.32 Å². The zero-order valence-corrected chi connectivity index (χ0v) is 10.3. The minimum Gasteiger partial charge on any atom is -0.465 e. The molecule has 1 aliphatic heterocycles. The number of unbranched alkanes of at least 4 members (excludes halogenated alkanes) is 1. The first-order valence-electron chi connectivity index (χ1n) is 5.79. The Hall–Kier alpha value is -0.220. The number of hydrogen-bond donors (Lipinski definition) is 1. The smallest absolute Gasteiger partial charge is 0.319 e. The predicted octanol–water partition coefficient (Wildman–Crippen LogP) is 1.81. The Labute approximate surface area is 96.3 Å². The van der Waals surface area contributed by atoms with Gasteiger partial charge in [0.2, 0.25) is 0 Å². The van der Waals surface area contributed by atoms with Gasteiger partial charge in [0.1, 0.15) is 0 Å². The van der Waals surface area contributed by atoms with Crippen molar-refractivity contribution in [1.82, 2.24) is 5.32 Å². The summed E-state index contributed by atoms with van der Waals surface area (Å²) in [6.07, 6.45) is 4.48. The van der Waals surface area contributed by atoms with Gasteiger partial charge in [-0.05, 0) is 25.0 Å². The maximum atomic E-state index is 11.3. The van der Waals surface area contributed by atoms with E-state index in [1.165, 1.54) is 18.6 Å². The zero-order chi connectivity index (χ0) is 10.9. The molecule has 1 heterocycles. The van der Waals surface area contributed by atoms with E-state index in [4.69, 9.17) is 4.74 Å². The zero-order valence-electron chi connectivity index (χ0n) is 9.46. The second kappa shape index (κ2) is 7.99. The Balaban J connectivity index is 2.00. The minimum absolute atomic E-state index is 0.112. The van der Waals surface area contributed by atoms with E-state index in [9.17, 15) is 4.79 Å². The summed E-state index contributed by atoms with van der Waals surface area (Å²) in [6, 6.07) is 0.502. The Morgan fingerprint density at radius 3 is 3.13 bits per heavy atom. The first kappa shape index (κ1) is 12.8. The van der Waals surface area contributed by atoms with Gasteiger partial charge in [0.05, 0.1) is 13.2 Å². The van der Waals surface area contributed by atoms with Crippen molar-refractivity contribution in [1.29, 1.82) is 0 Å². The topological polar surface area (TPSA) is 38.3 Å². The number of esters is 1. The molecular formula is C11H21NO2S. The third-order valence-electron chi connectivity index (χ3n) is 2.46. The third-order valence-corrected chi connectivity index (χ3v) is 3.67. The van der Waals surface area contributed by atoms with Crippen molar-refractivity contribution in [2.24, 2.45) is 0 Å². The van der Waals surface area contributed by atoms with Crippen LogP contribution in [0.2, 0.25) is 0 Å². The summed E-state index contributed by atoms with van der Waals surface area (Å²) in [5.74, 6) is 2.28. The van der Waals surface area contributed by atoms with Gasteiger partial charge >= 0.3 is 5.97 Å². The molecule has 0 bridgehead atoms. The molecule has 1 rings (SSSR count). The Bertz CT molecular complexity index is 181. The highest BCUT2D eigenvalue weighted by atomic mass is 32.2. The standard InChI is InChI=1S/C11H21NO2S/c1-2-3-6-14-11(13)8-12-10-5-4-7-15-9-10/h10,12H,2-9H2,1H3. The lowest BCUT2D eigenvalue weighted by Crippen LogP contribution is -2.37. The second-order valence-electron chi connectivity index (χ2n) is 3.87. The van der Waals surface area contributed by atoms with Crippen LogP contribution >= 0.6 is 11.8 Å². The fourth-order valence-electron chi connectivity index (χ4n) is 1.51. The molecule has 0 aromatic rings. The molecule has 1 fully saturated rings. The number of carbonyl (C=O) groups is 1. The quantitative estimate of drug-likeness (QED) is 0.559. The number of hydrogen-bond acceptors (Lipinski definition) is 4. The Morgan fingerprint density at radius 1 is 1.60 bits per heavy atom. The van der Waals surface area contributed by atoms with E-state index in [1.54, 1.807) is 0 Å². The van der Waals surface area contributed by atoms with E-state index in [-0.39, 0.29) is 5.97 Å². The van der Waals surface area contributed by atoms with E-state index in [1.807, 2.05) is 11.8 Å². The van der Waals surface area contributed by atoms with Crippen molar-refractivity contribution in [3.05, 3.63) is 0 Å². The lowest BCUT2D eigenvalue weighted by molar-refractivity contribution is -0.142. The van der Waals surface area contributed by atoms with Gasteiger partial charge in [0.15, 0.2) is 0 Å². The molecule has 0 aromatic heterocycles. The molecule has 0 saturated carbocycles. The van der Waals surface area contributed by atoms with Crippen molar-refractivity contribution in [3.8, 4) is 0 Å². The van der Waals surface area contributed by atoms with Gasteiger partial charge in [-0.3, -0.25) is 4.79 Å². The average Bonchev–Trinajstić information content (AvgIpc) is 2.28. The maximum Gasteiger partial charge on any atom is 0.319 e. The molecular weight excluding hydrogens is 210 g/mol. The molecule has 0 radical (unpaired) electrons. The first-order valence-corrected chi connectivity index (χ1v) is 6.95. The Morgan fingerprint density at radius 2 is 2.47 bits per heavy atom. The normalized spacial score (nSPS) is 21.3.